The van der Waals surface area contributed by atoms with Crippen LogP contribution in [0, 0.1) is 11.6 Å². The summed E-state index contributed by atoms with van der Waals surface area (Å²) in [6.45, 7) is 4.88. The third-order valence-electron chi connectivity index (χ3n) is 5.17. The van der Waals surface area contributed by atoms with Gasteiger partial charge in [0.25, 0.3) is 5.91 Å². The van der Waals surface area contributed by atoms with Crippen molar-refractivity contribution in [3.05, 3.63) is 59.7 Å². The van der Waals surface area contributed by atoms with E-state index in [1.165, 1.54) is 12.1 Å². The zero-order chi connectivity index (χ0) is 20.1. The van der Waals surface area contributed by atoms with Crippen LogP contribution in [0.4, 0.5) is 14.5 Å². The Hall–Kier alpha value is -2.67. The largest absolute Gasteiger partial charge is 0.497 e. The highest BCUT2D eigenvalue weighted by atomic mass is 19.1. The molecule has 28 heavy (non-hydrogen) atoms. The maximum absolute atomic E-state index is 13.9. The number of hydrogen-bond donors (Lipinski definition) is 1. The molecular formula is C21H26F2N3O2+. The Kier molecular flexibility index (Phi) is 6.46. The van der Waals surface area contributed by atoms with E-state index in [4.69, 9.17) is 4.74 Å². The number of quaternary nitrogens is 1. The molecule has 0 saturated carbocycles. The second-order valence-corrected chi connectivity index (χ2v) is 6.96. The van der Waals surface area contributed by atoms with E-state index in [9.17, 15) is 13.6 Å². The Labute approximate surface area is 163 Å². The van der Waals surface area contributed by atoms with Gasteiger partial charge >= 0.3 is 0 Å². The van der Waals surface area contributed by atoms with Gasteiger partial charge in [-0.2, -0.15) is 0 Å². The van der Waals surface area contributed by atoms with E-state index in [-0.39, 0.29) is 18.5 Å². The number of halogens is 2. The topological polar surface area (TPSA) is 49.4 Å². The van der Waals surface area contributed by atoms with Gasteiger partial charge in [-0.15, -0.1) is 0 Å². The molecule has 1 saturated heterocycles. The quantitative estimate of drug-likeness (QED) is 0.820. The molecule has 3 rings (SSSR count). The Bertz CT molecular complexity index is 806. The Morgan fingerprint density at radius 3 is 2.39 bits per heavy atom. The van der Waals surface area contributed by atoms with Gasteiger partial charge < -0.3 is 19.9 Å². The number of anilines is 1. The summed E-state index contributed by atoms with van der Waals surface area (Å²) in [6, 6.07) is 11.2. The smallest absolute Gasteiger partial charge is 0.277 e. The highest BCUT2D eigenvalue weighted by molar-refractivity contribution is 5.77. The van der Waals surface area contributed by atoms with E-state index in [1.807, 2.05) is 36.1 Å². The second-order valence-electron chi connectivity index (χ2n) is 6.96. The molecule has 1 atom stereocenters. The summed E-state index contributed by atoms with van der Waals surface area (Å²) in [5.41, 5.74) is 1.51. The van der Waals surface area contributed by atoms with E-state index in [0.29, 0.717) is 18.7 Å². The van der Waals surface area contributed by atoms with E-state index in [1.54, 1.807) is 12.4 Å². The van der Waals surface area contributed by atoms with Crippen LogP contribution in [-0.4, -0.2) is 50.6 Å². The van der Waals surface area contributed by atoms with Gasteiger partial charge in [-0.05, 0) is 43.3 Å². The number of piperazine rings is 1. The van der Waals surface area contributed by atoms with Crippen LogP contribution >= 0.6 is 0 Å². The van der Waals surface area contributed by atoms with Crippen LogP contribution in [0.5, 0.6) is 5.75 Å². The molecule has 7 heteroatoms. The minimum Gasteiger partial charge on any atom is -0.497 e. The van der Waals surface area contributed by atoms with Crippen molar-refractivity contribution in [1.82, 2.24) is 4.90 Å². The van der Waals surface area contributed by atoms with Gasteiger partial charge in [-0.1, -0.05) is 0 Å². The molecule has 2 N–H and O–H groups in total. The van der Waals surface area contributed by atoms with Crippen LogP contribution in [0.15, 0.2) is 42.5 Å². The summed E-state index contributed by atoms with van der Waals surface area (Å²) in [7, 11) is 1.64. The first-order valence-corrected chi connectivity index (χ1v) is 9.43. The lowest BCUT2D eigenvalue weighted by Crippen LogP contribution is -2.87. The van der Waals surface area contributed by atoms with Gasteiger partial charge in [0, 0.05) is 43.5 Å². The Morgan fingerprint density at radius 2 is 1.79 bits per heavy atom. The molecule has 2 aromatic carbocycles. The average Bonchev–Trinajstić information content (AvgIpc) is 2.72. The number of methoxy groups -OCH3 is 1. The first-order valence-electron chi connectivity index (χ1n) is 9.43. The first kappa shape index (κ1) is 20.1. The van der Waals surface area contributed by atoms with E-state index >= 15 is 0 Å². The summed E-state index contributed by atoms with van der Waals surface area (Å²) < 4.78 is 32.1. The number of nitrogens with zero attached hydrogens (tertiary/aromatic N) is 2. The summed E-state index contributed by atoms with van der Waals surface area (Å²) in [5, 5.41) is 1.79. The maximum Gasteiger partial charge on any atom is 0.277 e. The summed E-state index contributed by atoms with van der Waals surface area (Å²) in [6.07, 6.45) is 0. The molecule has 1 aliphatic rings. The normalized spacial score (nSPS) is 15.4. The molecule has 1 fully saturated rings. The molecule has 1 amide bonds. The van der Waals surface area contributed by atoms with E-state index in [0.717, 1.165) is 30.6 Å². The van der Waals surface area contributed by atoms with E-state index < -0.39 is 11.6 Å². The van der Waals surface area contributed by atoms with Crippen molar-refractivity contribution in [3.63, 3.8) is 0 Å². The fourth-order valence-electron chi connectivity index (χ4n) is 3.41. The molecule has 0 aromatic heterocycles. The lowest BCUT2D eigenvalue weighted by Gasteiger charge is -2.36. The second kappa shape index (κ2) is 9.01. The van der Waals surface area contributed by atoms with Crippen molar-refractivity contribution in [2.45, 2.75) is 13.0 Å². The van der Waals surface area contributed by atoms with Gasteiger partial charge in [-0.3, -0.25) is 4.79 Å². The highest BCUT2D eigenvalue weighted by Crippen LogP contribution is 2.20. The van der Waals surface area contributed by atoms with Crippen LogP contribution in [0.2, 0.25) is 0 Å². The molecule has 0 aliphatic carbocycles. The van der Waals surface area contributed by atoms with Gasteiger partial charge in [0.05, 0.1) is 7.11 Å². The highest BCUT2D eigenvalue weighted by Gasteiger charge is 2.23. The third kappa shape index (κ3) is 4.78. The molecule has 0 radical (unpaired) electrons. The summed E-state index contributed by atoms with van der Waals surface area (Å²) >= 11 is 0. The average molecular weight is 390 g/mol. The van der Waals surface area contributed by atoms with Crippen molar-refractivity contribution in [2.75, 3.05) is 44.7 Å². The van der Waals surface area contributed by atoms with E-state index in [2.05, 4.69) is 4.90 Å². The molecule has 0 unspecified atom stereocenters. The molecule has 1 heterocycles. The number of ether oxygens (including phenoxy) is 1. The monoisotopic (exact) mass is 390 g/mol. The number of carbonyl (C=O) groups excluding carboxylic acids is 1. The zero-order valence-corrected chi connectivity index (χ0v) is 16.2. The fraction of sp³-hybridized carbons (Fsp3) is 0.381. The summed E-state index contributed by atoms with van der Waals surface area (Å²) in [4.78, 5) is 16.6. The number of nitrogens with two attached hydrogens (primary N) is 1. The standard InChI is InChI=1S/C21H25F2N3O2/c1-15(19-8-3-16(22)13-20(19)23)24-14-21(27)26-11-9-25(10-12-26)17-4-6-18(28-2)7-5-17/h3-8,13,15,24H,9-12,14H2,1-2H3/p+1/t15-/m1/s1. The van der Waals surface area contributed by atoms with Gasteiger partial charge in [0.1, 0.15) is 23.4 Å². The fourth-order valence-corrected chi connectivity index (χ4v) is 3.41. The van der Waals surface area contributed by atoms with Crippen molar-refractivity contribution in [2.24, 2.45) is 0 Å². The molecule has 0 spiro atoms. The predicted octanol–water partition coefficient (Wildman–Crippen LogP) is 1.95. The number of hydrogen-bond acceptors (Lipinski definition) is 3. The molecule has 0 bridgehead atoms. The van der Waals surface area contributed by atoms with Crippen molar-refractivity contribution in [1.29, 1.82) is 0 Å². The van der Waals surface area contributed by atoms with Crippen LogP contribution in [0.25, 0.3) is 0 Å². The molecular weight excluding hydrogens is 364 g/mol. The third-order valence-corrected chi connectivity index (χ3v) is 5.17. The Morgan fingerprint density at radius 1 is 1.11 bits per heavy atom. The zero-order valence-electron chi connectivity index (χ0n) is 16.2. The lowest BCUT2D eigenvalue weighted by molar-refractivity contribution is -0.683. The molecule has 1 aliphatic heterocycles. The van der Waals surface area contributed by atoms with Crippen molar-refractivity contribution >= 4 is 11.6 Å². The van der Waals surface area contributed by atoms with Crippen molar-refractivity contribution in [3.8, 4) is 5.75 Å². The van der Waals surface area contributed by atoms with Crippen LogP contribution < -0.4 is 15.0 Å². The number of carbonyl (C=O) groups is 1. The Balaban J connectivity index is 1.48. The maximum atomic E-state index is 13.9. The van der Waals surface area contributed by atoms with Gasteiger partial charge in [-0.25, -0.2) is 8.78 Å². The first-order chi connectivity index (χ1) is 13.5. The minimum absolute atomic E-state index is 0.0313. The van der Waals surface area contributed by atoms with Crippen LogP contribution in [0.1, 0.15) is 18.5 Å². The minimum atomic E-state index is -0.598. The van der Waals surface area contributed by atoms with Crippen LogP contribution in [0.3, 0.4) is 0 Å². The lowest BCUT2D eigenvalue weighted by atomic mass is 10.1. The number of benzene rings is 2. The predicted molar refractivity (Wildman–Crippen MR) is 103 cm³/mol. The molecule has 2 aromatic rings. The summed E-state index contributed by atoms with van der Waals surface area (Å²) in [5.74, 6) is -0.327. The number of amides is 1. The molecule has 5 nitrogen and oxygen atoms in total. The van der Waals surface area contributed by atoms with Crippen molar-refractivity contribution < 1.29 is 23.6 Å². The van der Waals surface area contributed by atoms with Gasteiger partial charge in [0.15, 0.2) is 6.54 Å². The SMILES string of the molecule is COc1ccc(N2CCN(C(=O)C[NH2+][C@H](C)c3ccc(F)cc3F)CC2)cc1. The van der Waals surface area contributed by atoms with Gasteiger partial charge in [0.2, 0.25) is 0 Å². The number of rotatable bonds is 6. The molecule has 150 valence electrons. The van der Waals surface area contributed by atoms with Crippen LogP contribution in [-0.2, 0) is 4.79 Å².